The highest BCUT2D eigenvalue weighted by molar-refractivity contribution is 5.57. The van der Waals surface area contributed by atoms with E-state index in [9.17, 15) is 0 Å². The Hall–Kier alpha value is -2.33. The maximum absolute atomic E-state index is 5.96. The molecule has 24 heavy (non-hydrogen) atoms. The van der Waals surface area contributed by atoms with Crippen LogP contribution in [0.4, 0.5) is 0 Å². The quantitative estimate of drug-likeness (QED) is 0.770. The van der Waals surface area contributed by atoms with Crippen LogP contribution in [0.25, 0.3) is 11.3 Å². The Morgan fingerprint density at radius 1 is 1.08 bits per heavy atom. The molecule has 3 aromatic rings. The summed E-state index contributed by atoms with van der Waals surface area (Å²) in [4.78, 5) is 4.53. The lowest BCUT2D eigenvalue weighted by Crippen LogP contribution is -2.18. The van der Waals surface area contributed by atoms with Gasteiger partial charge in [0.05, 0.1) is 12.2 Å². The zero-order chi connectivity index (χ0) is 16.4. The van der Waals surface area contributed by atoms with Crippen LogP contribution in [0.3, 0.4) is 0 Å². The molecule has 3 heterocycles. The van der Waals surface area contributed by atoms with Gasteiger partial charge in [0.15, 0.2) is 0 Å². The molecule has 2 aromatic heterocycles. The summed E-state index contributed by atoms with van der Waals surface area (Å²) in [6.45, 7) is 4.75. The van der Waals surface area contributed by atoms with E-state index in [2.05, 4.69) is 46.1 Å². The molecular formula is C20H23N3O. The van der Waals surface area contributed by atoms with Crippen LogP contribution in [-0.4, -0.2) is 9.55 Å². The van der Waals surface area contributed by atoms with Crippen molar-refractivity contribution in [1.29, 1.82) is 0 Å². The molecule has 4 rings (SSSR count). The third-order valence-electron chi connectivity index (χ3n) is 4.66. The van der Waals surface area contributed by atoms with Gasteiger partial charge >= 0.3 is 0 Å². The minimum Gasteiger partial charge on any atom is -0.460 e. The van der Waals surface area contributed by atoms with Gasteiger partial charge < -0.3 is 14.3 Å². The Bertz CT molecular complexity index is 814. The molecule has 1 aliphatic heterocycles. The van der Waals surface area contributed by atoms with Gasteiger partial charge in [0, 0.05) is 31.3 Å². The molecule has 0 saturated carbocycles. The molecule has 0 bridgehead atoms. The van der Waals surface area contributed by atoms with Crippen molar-refractivity contribution >= 4 is 0 Å². The van der Waals surface area contributed by atoms with E-state index in [1.54, 1.807) is 0 Å². The molecule has 0 radical (unpaired) electrons. The topological polar surface area (TPSA) is 43.0 Å². The third-order valence-corrected chi connectivity index (χ3v) is 4.66. The standard InChI is InChI=1S/C20H23N3O/c1-15-5-7-16(8-6-15)19-10-9-18(24-19)14-21-12-17-13-22-20-4-2-3-11-23(17)20/h5-10,13,21H,2-4,11-12,14H2,1H3. The summed E-state index contributed by atoms with van der Waals surface area (Å²) in [5, 5.41) is 3.47. The number of hydrogen-bond acceptors (Lipinski definition) is 3. The first-order chi connectivity index (χ1) is 11.8. The summed E-state index contributed by atoms with van der Waals surface area (Å²) in [7, 11) is 0. The maximum atomic E-state index is 5.96. The summed E-state index contributed by atoms with van der Waals surface area (Å²) < 4.78 is 8.31. The average Bonchev–Trinajstić information content (AvgIpc) is 3.23. The van der Waals surface area contributed by atoms with Gasteiger partial charge in [-0.1, -0.05) is 29.8 Å². The lowest BCUT2D eigenvalue weighted by molar-refractivity contribution is 0.475. The van der Waals surface area contributed by atoms with E-state index in [-0.39, 0.29) is 0 Å². The fourth-order valence-corrected chi connectivity index (χ4v) is 3.28. The van der Waals surface area contributed by atoms with Gasteiger partial charge in [-0.25, -0.2) is 4.98 Å². The van der Waals surface area contributed by atoms with Crippen LogP contribution in [0, 0.1) is 6.92 Å². The van der Waals surface area contributed by atoms with Gasteiger partial charge in [-0.2, -0.15) is 0 Å². The number of furan rings is 1. The van der Waals surface area contributed by atoms with Crippen LogP contribution in [0.1, 0.15) is 35.7 Å². The summed E-state index contributed by atoms with van der Waals surface area (Å²) in [5.41, 5.74) is 3.66. The van der Waals surface area contributed by atoms with Gasteiger partial charge in [0.1, 0.15) is 17.3 Å². The molecule has 0 unspecified atom stereocenters. The Labute approximate surface area is 142 Å². The molecule has 1 aliphatic rings. The lowest BCUT2D eigenvalue weighted by atomic mass is 10.1. The molecule has 4 heteroatoms. The van der Waals surface area contributed by atoms with Crippen molar-refractivity contribution in [3.05, 3.63) is 65.4 Å². The smallest absolute Gasteiger partial charge is 0.134 e. The first-order valence-electron chi connectivity index (χ1n) is 8.69. The lowest BCUT2D eigenvalue weighted by Gasteiger charge is -2.16. The second-order valence-electron chi connectivity index (χ2n) is 6.51. The second-order valence-corrected chi connectivity index (χ2v) is 6.51. The monoisotopic (exact) mass is 321 g/mol. The molecule has 0 saturated heterocycles. The van der Waals surface area contributed by atoms with E-state index < -0.39 is 0 Å². The predicted molar refractivity (Wildman–Crippen MR) is 94.6 cm³/mol. The van der Waals surface area contributed by atoms with Gasteiger partial charge in [-0.3, -0.25) is 0 Å². The summed E-state index contributed by atoms with van der Waals surface area (Å²) >= 11 is 0. The zero-order valence-corrected chi connectivity index (χ0v) is 14.1. The predicted octanol–water partition coefficient (Wildman–Crippen LogP) is 4.08. The van der Waals surface area contributed by atoms with Crippen molar-refractivity contribution in [3.8, 4) is 11.3 Å². The number of aryl methyl sites for hydroxylation is 2. The van der Waals surface area contributed by atoms with E-state index in [0.29, 0.717) is 0 Å². The highest BCUT2D eigenvalue weighted by Crippen LogP contribution is 2.22. The van der Waals surface area contributed by atoms with Gasteiger partial charge in [-0.05, 0) is 31.9 Å². The summed E-state index contributed by atoms with van der Waals surface area (Å²) in [5.74, 6) is 3.12. The number of hydrogen-bond donors (Lipinski definition) is 1. The second kappa shape index (κ2) is 6.65. The summed E-state index contributed by atoms with van der Waals surface area (Å²) in [6.07, 6.45) is 5.64. The van der Waals surface area contributed by atoms with E-state index in [1.165, 1.54) is 29.9 Å². The Morgan fingerprint density at radius 2 is 1.96 bits per heavy atom. The van der Waals surface area contributed by atoms with Crippen LogP contribution in [0.15, 0.2) is 47.0 Å². The van der Waals surface area contributed by atoms with Crippen molar-refractivity contribution in [2.75, 3.05) is 0 Å². The zero-order valence-electron chi connectivity index (χ0n) is 14.1. The van der Waals surface area contributed by atoms with Gasteiger partial charge in [-0.15, -0.1) is 0 Å². The highest BCUT2D eigenvalue weighted by Gasteiger charge is 2.13. The number of aromatic nitrogens is 2. The number of benzene rings is 1. The third kappa shape index (κ3) is 3.15. The number of imidazole rings is 1. The van der Waals surface area contributed by atoms with Crippen molar-refractivity contribution in [2.24, 2.45) is 0 Å². The van der Waals surface area contributed by atoms with Crippen molar-refractivity contribution < 1.29 is 4.42 Å². The number of nitrogens with one attached hydrogen (secondary N) is 1. The molecule has 0 fully saturated rings. The molecule has 0 amide bonds. The van der Waals surface area contributed by atoms with Crippen LogP contribution in [-0.2, 0) is 26.1 Å². The first-order valence-corrected chi connectivity index (χ1v) is 8.69. The van der Waals surface area contributed by atoms with Crippen LogP contribution < -0.4 is 5.32 Å². The molecule has 124 valence electrons. The minimum absolute atomic E-state index is 0.729. The highest BCUT2D eigenvalue weighted by atomic mass is 16.3. The minimum atomic E-state index is 0.729. The first kappa shape index (κ1) is 15.2. The van der Waals surface area contributed by atoms with Gasteiger partial charge in [0.25, 0.3) is 0 Å². The van der Waals surface area contributed by atoms with Gasteiger partial charge in [0.2, 0.25) is 0 Å². The molecule has 1 N–H and O–H groups in total. The van der Waals surface area contributed by atoms with Crippen molar-refractivity contribution in [1.82, 2.24) is 14.9 Å². The van der Waals surface area contributed by atoms with Crippen LogP contribution in [0.5, 0.6) is 0 Å². The average molecular weight is 321 g/mol. The molecular weight excluding hydrogens is 298 g/mol. The van der Waals surface area contributed by atoms with Crippen molar-refractivity contribution in [2.45, 2.75) is 45.8 Å². The van der Waals surface area contributed by atoms with Crippen molar-refractivity contribution in [3.63, 3.8) is 0 Å². The fourth-order valence-electron chi connectivity index (χ4n) is 3.28. The molecule has 1 aromatic carbocycles. The fraction of sp³-hybridized carbons (Fsp3) is 0.350. The Morgan fingerprint density at radius 3 is 2.83 bits per heavy atom. The number of nitrogens with zero attached hydrogens (tertiary/aromatic N) is 2. The largest absolute Gasteiger partial charge is 0.460 e. The van der Waals surface area contributed by atoms with E-state index in [1.807, 2.05) is 18.3 Å². The molecule has 0 aliphatic carbocycles. The number of rotatable bonds is 5. The SMILES string of the molecule is Cc1ccc(-c2ccc(CNCc3cnc4n3CCCC4)o2)cc1. The molecule has 4 nitrogen and oxygen atoms in total. The van der Waals surface area contributed by atoms with E-state index >= 15 is 0 Å². The summed E-state index contributed by atoms with van der Waals surface area (Å²) in [6, 6.07) is 12.5. The van der Waals surface area contributed by atoms with E-state index in [4.69, 9.17) is 4.42 Å². The Kier molecular flexibility index (Phi) is 4.22. The number of fused-ring (bicyclic) bond motifs is 1. The molecule has 0 atom stereocenters. The maximum Gasteiger partial charge on any atom is 0.134 e. The van der Waals surface area contributed by atoms with E-state index in [0.717, 1.165) is 43.1 Å². The Balaban J connectivity index is 1.37. The van der Waals surface area contributed by atoms with Crippen LogP contribution >= 0.6 is 0 Å². The van der Waals surface area contributed by atoms with Crippen LogP contribution in [0.2, 0.25) is 0 Å². The normalized spacial score (nSPS) is 13.9. The molecule has 0 spiro atoms.